The molecule has 0 aliphatic carbocycles. The average Bonchev–Trinajstić information content (AvgIpc) is 2.65. The van der Waals surface area contributed by atoms with Gasteiger partial charge in [0.2, 0.25) is 11.8 Å². The lowest BCUT2D eigenvalue weighted by molar-refractivity contribution is -0.128. The largest absolute Gasteiger partial charge is 0.343 e. The molecule has 0 spiro atoms. The van der Waals surface area contributed by atoms with E-state index in [1.54, 1.807) is 0 Å². The third-order valence-electron chi connectivity index (χ3n) is 5.23. The molecule has 162 valence electrons. The topological polar surface area (TPSA) is 70.2 Å². The zero-order valence-corrected chi connectivity index (χ0v) is 18.9. The SMILES string of the molecule is Cc1cc(C)cc(NC(=O)[C@@H](CC(C)C)NC(=O)[C@@H]2Cc3ccccc3CN2)c1.Cl. The molecule has 3 N–H and O–H groups in total. The van der Waals surface area contributed by atoms with E-state index < -0.39 is 6.04 Å². The molecule has 2 aromatic carbocycles. The van der Waals surface area contributed by atoms with Gasteiger partial charge in [0, 0.05) is 12.2 Å². The van der Waals surface area contributed by atoms with Crippen LogP contribution in [-0.4, -0.2) is 23.9 Å². The molecule has 0 aromatic heterocycles. The van der Waals surface area contributed by atoms with Crippen LogP contribution in [-0.2, 0) is 22.6 Å². The average molecular weight is 430 g/mol. The Bertz CT molecular complexity index is 878. The summed E-state index contributed by atoms with van der Waals surface area (Å²) in [6, 6.07) is 13.2. The van der Waals surface area contributed by atoms with Crippen molar-refractivity contribution in [3.8, 4) is 0 Å². The van der Waals surface area contributed by atoms with Crippen molar-refractivity contribution in [3.63, 3.8) is 0 Å². The number of halogens is 1. The van der Waals surface area contributed by atoms with E-state index in [2.05, 4.69) is 48.0 Å². The molecule has 5 nitrogen and oxygen atoms in total. The minimum atomic E-state index is -0.567. The number of hydrogen-bond acceptors (Lipinski definition) is 3. The standard InChI is InChI=1S/C24H31N3O2.ClH/c1-15(2)9-22(24(29)26-20-11-16(3)10-17(4)12-20)27-23(28)21-13-18-7-5-6-8-19(18)14-25-21;/h5-8,10-12,15,21-22,25H,9,13-14H2,1-4H3,(H,26,29)(H,27,28);1H/t21-,22+;/m0./s1. The Hall–Kier alpha value is -2.37. The van der Waals surface area contributed by atoms with Gasteiger partial charge in [-0.3, -0.25) is 9.59 Å². The molecular formula is C24H32ClN3O2. The first-order valence-corrected chi connectivity index (χ1v) is 10.3. The van der Waals surface area contributed by atoms with E-state index in [-0.39, 0.29) is 36.2 Å². The van der Waals surface area contributed by atoms with Crippen LogP contribution in [0.3, 0.4) is 0 Å². The van der Waals surface area contributed by atoms with Crippen LogP contribution < -0.4 is 16.0 Å². The van der Waals surface area contributed by atoms with E-state index in [1.165, 1.54) is 11.1 Å². The third-order valence-corrected chi connectivity index (χ3v) is 5.23. The van der Waals surface area contributed by atoms with Gasteiger partial charge < -0.3 is 16.0 Å². The minimum absolute atomic E-state index is 0. The molecule has 6 heteroatoms. The highest BCUT2D eigenvalue weighted by Crippen LogP contribution is 2.18. The van der Waals surface area contributed by atoms with Crippen LogP contribution in [0.4, 0.5) is 5.69 Å². The number of benzene rings is 2. The molecule has 0 bridgehead atoms. The number of anilines is 1. The normalized spacial score (nSPS) is 16.2. The van der Waals surface area contributed by atoms with Crippen LogP contribution in [0.2, 0.25) is 0 Å². The highest BCUT2D eigenvalue weighted by molar-refractivity contribution is 5.98. The van der Waals surface area contributed by atoms with E-state index in [9.17, 15) is 9.59 Å². The molecule has 30 heavy (non-hydrogen) atoms. The van der Waals surface area contributed by atoms with Crippen LogP contribution >= 0.6 is 12.4 Å². The fourth-order valence-corrected chi connectivity index (χ4v) is 3.89. The number of carbonyl (C=O) groups excluding carboxylic acids is 2. The second-order valence-electron chi connectivity index (χ2n) is 8.46. The second kappa shape index (κ2) is 10.6. The molecule has 0 fully saturated rings. The van der Waals surface area contributed by atoms with E-state index in [0.29, 0.717) is 19.4 Å². The van der Waals surface area contributed by atoms with E-state index in [4.69, 9.17) is 0 Å². The fourth-order valence-electron chi connectivity index (χ4n) is 3.89. The summed E-state index contributed by atoms with van der Waals surface area (Å²) in [4.78, 5) is 25.9. The zero-order chi connectivity index (χ0) is 21.0. The number of hydrogen-bond donors (Lipinski definition) is 3. The summed E-state index contributed by atoms with van der Waals surface area (Å²) in [6.45, 7) is 8.78. The minimum Gasteiger partial charge on any atom is -0.343 e. The Morgan fingerprint density at radius 1 is 1.07 bits per heavy atom. The molecule has 1 aliphatic rings. The number of rotatable bonds is 6. The lowest BCUT2D eigenvalue weighted by atomic mass is 9.95. The summed E-state index contributed by atoms with van der Waals surface area (Å²) in [5, 5.41) is 9.26. The Morgan fingerprint density at radius 3 is 2.33 bits per heavy atom. The molecule has 0 unspecified atom stereocenters. The maximum absolute atomic E-state index is 12.9. The summed E-state index contributed by atoms with van der Waals surface area (Å²) in [5.41, 5.74) is 5.36. The van der Waals surface area contributed by atoms with Gasteiger partial charge in [0.15, 0.2) is 0 Å². The molecule has 0 saturated carbocycles. The smallest absolute Gasteiger partial charge is 0.246 e. The number of fused-ring (bicyclic) bond motifs is 1. The van der Waals surface area contributed by atoms with Crippen LogP contribution in [0.15, 0.2) is 42.5 Å². The molecule has 2 aromatic rings. The summed E-state index contributed by atoms with van der Waals surface area (Å²) in [5.74, 6) is -0.0145. The van der Waals surface area contributed by atoms with Crippen LogP contribution in [0, 0.1) is 19.8 Å². The second-order valence-corrected chi connectivity index (χ2v) is 8.46. The van der Waals surface area contributed by atoms with Crippen LogP contribution in [0.5, 0.6) is 0 Å². The van der Waals surface area contributed by atoms with Crippen molar-refractivity contribution in [2.75, 3.05) is 5.32 Å². The number of nitrogens with one attached hydrogen (secondary N) is 3. The molecule has 3 rings (SSSR count). The number of aryl methyl sites for hydroxylation is 2. The number of carbonyl (C=O) groups is 2. The van der Waals surface area contributed by atoms with Gasteiger partial charge in [0.1, 0.15) is 6.04 Å². The van der Waals surface area contributed by atoms with Gasteiger partial charge in [0.05, 0.1) is 6.04 Å². The Labute approximate surface area is 185 Å². The predicted molar refractivity (Wildman–Crippen MR) is 124 cm³/mol. The zero-order valence-electron chi connectivity index (χ0n) is 18.1. The lowest BCUT2D eigenvalue weighted by Crippen LogP contribution is -2.53. The summed E-state index contributed by atoms with van der Waals surface area (Å²) in [7, 11) is 0. The number of amides is 2. The van der Waals surface area contributed by atoms with Crippen LogP contribution in [0.1, 0.15) is 42.5 Å². The van der Waals surface area contributed by atoms with Crippen molar-refractivity contribution >= 4 is 29.9 Å². The van der Waals surface area contributed by atoms with E-state index >= 15 is 0 Å². The van der Waals surface area contributed by atoms with Crippen molar-refractivity contribution in [1.29, 1.82) is 0 Å². The van der Waals surface area contributed by atoms with Crippen molar-refractivity contribution < 1.29 is 9.59 Å². The molecule has 1 aliphatic heterocycles. The van der Waals surface area contributed by atoms with Gasteiger partial charge in [-0.15, -0.1) is 12.4 Å². The highest BCUT2D eigenvalue weighted by atomic mass is 35.5. The Morgan fingerprint density at radius 2 is 1.70 bits per heavy atom. The predicted octanol–water partition coefficient (Wildman–Crippen LogP) is 3.91. The summed E-state index contributed by atoms with van der Waals surface area (Å²) < 4.78 is 0. The molecule has 1 heterocycles. The Balaban J connectivity index is 0.00000320. The van der Waals surface area contributed by atoms with Gasteiger partial charge in [-0.2, -0.15) is 0 Å². The van der Waals surface area contributed by atoms with Gasteiger partial charge in [0.25, 0.3) is 0 Å². The van der Waals surface area contributed by atoms with Gasteiger partial charge in [-0.25, -0.2) is 0 Å². The van der Waals surface area contributed by atoms with E-state index in [0.717, 1.165) is 16.8 Å². The maximum Gasteiger partial charge on any atom is 0.246 e. The molecular weight excluding hydrogens is 398 g/mol. The highest BCUT2D eigenvalue weighted by Gasteiger charge is 2.28. The maximum atomic E-state index is 12.9. The van der Waals surface area contributed by atoms with Crippen molar-refractivity contribution in [1.82, 2.24) is 10.6 Å². The fraction of sp³-hybridized carbons (Fsp3) is 0.417. The molecule has 0 saturated heterocycles. The van der Waals surface area contributed by atoms with Crippen molar-refractivity contribution in [3.05, 3.63) is 64.7 Å². The third kappa shape index (κ3) is 6.31. The van der Waals surface area contributed by atoms with Crippen molar-refractivity contribution in [2.24, 2.45) is 5.92 Å². The van der Waals surface area contributed by atoms with Gasteiger partial charge in [-0.05, 0) is 67.0 Å². The van der Waals surface area contributed by atoms with E-state index in [1.807, 2.05) is 38.1 Å². The first-order chi connectivity index (χ1) is 13.8. The van der Waals surface area contributed by atoms with Gasteiger partial charge >= 0.3 is 0 Å². The Kier molecular flexibility index (Phi) is 8.44. The quantitative estimate of drug-likeness (QED) is 0.652. The first kappa shape index (κ1) is 23.9. The molecule has 2 atom stereocenters. The van der Waals surface area contributed by atoms with Crippen LogP contribution in [0.25, 0.3) is 0 Å². The lowest BCUT2D eigenvalue weighted by Gasteiger charge is -2.28. The summed E-state index contributed by atoms with van der Waals surface area (Å²) >= 11 is 0. The van der Waals surface area contributed by atoms with Gasteiger partial charge in [-0.1, -0.05) is 44.2 Å². The molecule has 0 radical (unpaired) electrons. The first-order valence-electron chi connectivity index (χ1n) is 10.3. The summed E-state index contributed by atoms with van der Waals surface area (Å²) in [6.07, 6.45) is 1.22. The monoisotopic (exact) mass is 429 g/mol. The molecule has 2 amide bonds. The van der Waals surface area contributed by atoms with Crippen molar-refractivity contribution in [2.45, 2.75) is 59.2 Å².